The first-order valence-corrected chi connectivity index (χ1v) is 6.37. The van der Waals surface area contributed by atoms with Gasteiger partial charge in [0.15, 0.2) is 0 Å². The molecule has 1 aliphatic carbocycles. The third kappa shape index (κ3) is 3.30. The molecular weight excluding hydrogens is 249 g/mol. The van der Waals surface area contributed by atoms with Gasteiger partial charge in [0, 0.05) is 5.69 Å². The number of amides is 1. The molecule has 19 heavy (non-hydrogen) atoms. The van der Waals surface area contributed by atoms with Crippen LogP contribution in [0.3, 0.4) is 0 Å². The molecule has 1 fully saturated rings. The summed E-state index contributed by atoms with van der Waals surface area (Å²) in [7, 11) is 0. The third-order valence-corrected chi connectivity index (χ3v) is 3.53. The van der Waals surface area contributed by atoms with Crippen molar-refractivity contribution in [2.75, 3.05) is 5.32 Å². The van der Waals surface area contributed by atoms with Crippen LogP contribution < -0.4 is 5.32 Å². The Balaban J connectivity index is 2.05. The molecule has 5 heteroatoms. The van der Waals surface area contributed by atoms with Gasteiger partial charge in [0.2, 0.25) is 5.91 Å². The third-order valence-electron chi connectivity index (χ3n) is 3.53. The molecule has 1 aliphatic rings. The number of carboxylic acid groups (broad SMARTS) is 1. The zero-order valence-corrected chi connectivity index (χ0v) is 10.4. The quantitative estimate of drug-likeness (QED) is 0.883. The monoisotopic (exact) mass is 265 g/mol. The summed E-state index contributed by atoms with van der Waals surface area (Å²) in [6, 6.07) is 5.44. The Morgan fingerprint density at radius 2 is 1.68 bits per heavy atom. The van der Waals surface area contributed by atoms with E-state index in [1.807, 2.05) is 0 Å². The highest BCUT2D eigenvalue weighted by molar-refractivity contribution is 5.95. The van der Waals surface area contributed by atoms with Gasteiger partial charge in [-0.1, -0.05) is 12.8 Å². The minimum absolute atomic E-state index is 0.293. The molecule has 2 unspecified atom stereocenters. The fourth-order valence-corrected chi connectivity index (χ4v) is 2.51. The number of nitrogens with one attached hydrogen (secondary N) is 1. The molecule has 2 N–H and O–H groups in total. The average Bonchev–Trinajstić information content (AvgIpc) is 2.41. The van der Waals surface area contributed by atoms with Crippen molar-refractivity contribution in [1.29, 1.82) is 0 Å². The highest BCUT2D eigenvalue weighted by Crippen LogP contribution is 2.31. The van der Waals surface area contributed by atoms with E-state index in [1.165, 1.54) is 24.3 Å². The van der Waals surface area contributed by atoms with Crippen molar-refractivity contribution < 1.29 is 19.1 Å². The fraction of sp³-hybridized carbons (Fsp3) is 0.429. The zero-order valence-electron chi connectivity index (χ0n) is 10.4. The van der Waals surface area contributed by atoms with E-state index in [0.29, 0.717) is 18.5 Å². The highest BCUT2D eigenvalue weighted by atomic mass is 19.1. The predicted molar refractivity (Wildman–Crippen MR) is 68.1 cm³/mol. The van der Waals surface area contributed by atoms with Crippen LogP contribution in [0.1, 0.15) is 25.7 Å². The van der Waals surface area contributed by atoms with Crippen molar-refractivity contribution in [1.82, 2.24) is 0 Å². The fourth-order valence-electron chi connectivity index (χ4n) is 2.51. The second kappa shape index (κ2) is 5.82. The summed E-state index contributed by atoms with van der Waals surface area (Å²) < 4.78 is 12.8. The van der Waals surface area contributed by atoms with Gasteiger partial charge in [-0.05, 0) is 37.1 Å². The molecule has 0 radical (unpaired) electrons. The second-order valence-electron chi connectivity index (χ2n) is 4.83. The first kappa shape index (κ1) is 13.5. The number of benzene rings is 1. The molecular formula is C14H16FNO3. The number of halogens is 1. The Kier molecular flexibility index (Phi) is 4.14. The smallest absolute Gasteiger partial charge is 0.307 e. The summed E-state index contributed by atoms with van der Waals surface area (Å²) in [5, 5.41) is 11.8. The summed E-state index contributed by atoms with van der Waals surface area (Å²) in [5.41, 5.74) is 0.487. The summed E-state index contributed by atoms with van der Waals surface area (Å²) in [6.07, 6.45) is 2.84. The summed E-state index contributed by atoms with van der Waals surface area (Å²) in [4.78, 5) is 23.2. The summed E-state index contributed by atoms with van der Waals surface area (Å²) >= 11 is 0. The largest absolute Gasteiger partial charge is 0.481 e. The molecule has 0 aliphatic heterocycles. The molecule has 0 bridgehead atoms. The molecule has 0 aromatic heterocycles. The maximum absolute atomic E-state index is 12.8. The van der Waals surface area contributed by atoms with Gasteiger partial charge < -0.3 is 10.4 Å². The van der Waals surface area contributed by atoms with Crippen molar-refractivity contribution in [3.63, 3.8) is 0 Å². The van der Waals surface area contributed by atoms with Gasteiger partial charge in [0.05, 0.1) is 11.8 Å². The van der Waals surface area contributed by atoms with E-state index in [4.69, 9.17) is 5.11 Å². The maximum atomic E-state index is 12.8. The molecule has 2 rings (SSSR count). The molecule has 0 spiro atoms. The number of hydrogen-bond acceptors (Lipinski definition) is 2. The van der Waals surface area contributed by atoms with Crippen molar-refractivity contribution in [2.24, 2.45) is 11.8 Å². The van der Waals surface area contributed by atoms with E-state index in [9.17, 15) is 14.0 Å². The molecule has 1 aromatic rings. The topological polar surface area (TPSA) is 66.4 Å². The highest BCUT2D eigenvalue weighted by Gasteiger charge is 2.35. The van der Waals surface area contributed by atoms with Crippen molar-refractivity contribution >= 4 is 17.6 Å². The zero-order chi connectivity index (χ0) is 13.8. The summed E-state index contributed by atoms with van der Waals surface area (Å²) in [6.45, 7) is 0. The van der Waals surface area contributed by atoms with E-state index in [0.717, 1.165) is 12.8 Å². The van der Waals surface area contributed by atoms with Crippen LogP contribution in [0.5, 0.6) is 0 Å². The van der Waals surface area contributed by atoms with Crippen molar-refractivity contribution in [3.8, 4) is 0 Å². The summed E-state index contributed by atoms with van der Waals surface area (Å²) in [5.74, 6) is -2.71. The van der Waals surface area contributed by atoms with Crippen LogP contribution in [0.25, 0.3) is 0 Å². The maximum Gasteiger partial charge on any atom is 0.307 e. The number of carboxylic acids is 1. The Labute approximate surface area is 110 Å². The molecule has 0 heterocycles. The van der Waals surface area contributed by atoms with Crippen LogP contribution in [0, 0.1) is 17.7 Å². The number of rotatable bonds is 3. The molecule has 102 valence electrons. The van der Waals surface area contributed by atoms with Crippen LogP contribution in [-0.4, -0.2) is 17.0 Å². The molecule has 0 saturated heterocycles. The van der Waals surface area contributed by atoms with E-state index in [1.54, 1.807) is 0 Å². The average molecular weight is 265 g/mol. The van der Waals surface area contributed by atoms with Crippen LogP contribution >= 0.6 is 0 Å². The van der Waals surface area contributed by atoms with Crippen LogP contribution in [0.2, 0.25) is 0 Å². The van der Waals surface area contributed by atoms with Gasteiger partial charge >= 0.3 is 5.97 Å². The standard InChI is InChI=1S/C14H16FNO3/c15-9-5-7-10(8-6-9)16-13(17)11-3-1-2-4-12(11)14(18)19/h5-8,11-12H,1-4H2,(H,16,17)(H,18,19). The lowest BCUT2D eigenvalue weighted by molar-refractivity contribution is -0.147. The minimum atomic E-state index is -0.918. The van der Waals surface area contributed by atoms with Gasteiger partial charge in [0.1, 0.15) is 5.82 Å². The van der Waals surface area contributed by atoms with Gasteiger partial charge in [-0.3, -0.25) is 9.59 Å². The second-order valence-corrected chi connectivity index (χ2v) is 4.83. The number of hydrogen-bond donors (Lipinski definition) is 2. The van der Waals surface area contributed by atoms with Crippen LogP contribution in [0.4, 0.5) is 10.1 Å². The first-order valence-electron chi connectivity index (χ1n) is 6.37. The van der Waals surface area contributed by atoms with Gasteiger partial charge in [0.25, 0.3) is 0 Å². The lowest BCUT2D eigenvalue weighted by Gasteiger charge is -2.27. The number of aliphatic carboxylic acids is 1. The van der Waals surface area contributed by atoms with Crippen LogP contribution in [-0.2, 0) is 9.59 Å². The number of carbonyl (C=O) groups is 2. The van der Waals surface area contributed by atoms with E-state index >= 15 is 0 Å². The SMILES string of the molecule is O=C(O)C1CCCCC1C(=O)Nc1ccc(F)cc1. The molecule has 1 saturated carbocycles. The lowest BCUT2D eigenvalue weighted by Crippen LogP contribution is -2.36. The molecule has 2 atom stereocenters. The van der Waals surface area contributed by atoms with E-state index in [2.05, 4.69) is 5.32 Å². The Morgan fingerprint density at radius 3 is 2.26 bits per heavy atom. The Hall–Kier alpha value is -1.91. The van der Waals surface area contributed by atoms with Crippen molar-refractivity contribution in [3.05, 3.63) is 30.1 Å². The number of carbonyl (C=O) groups excluding carboxylic acids is 1. The Morgan fingerprint density at radius 1 is 1.11 bits per heavy atom. The van der Waals surface area contributed by atoms with Crippen LogP contribution in [0.15, 0.2) is 24.3 Å². The first-order chi connectivity index (χ1) is 9.08. The molecule has 1 aromatic carbocycles. The van der Waals surface area contributed by atoms with Gasteiger partial charge in [-0.2, -0.15) is 0 Å². The number of anilines is 1. The van der Waals surface area contributed by atoms with Gasteiger partial charge in [-0.15, -0.1) is 0 Å². The van der Waals surface area contributed by atoms with Crippen molar-refractivity contribution in [2.45, 2.75) is 25.7 Å². The molecule has 4 nitrogen and oxygen atoms in total. The molecule has 1 amide bonds. The Bertz CT molecular complexity index is 472. The van der Waals surface area contributed by atoms with E-state index in [-0.39, 0.29) is 11.7 Å². The van der Waals surface area contributed by atoms with E-state index < -0.39 is 17.8 Å². The predicted octanol–water partition coefficient (Wildman–Crippen LogP) is 2.66. The van der Waals surface area contributed by atoms with Gasteiger partial charge in [-0.25, -0.2) is 4.39 Å². The minimum Gasteiger partial charge on any atom is -0.481 e. The normalized spacial score (nSPS) is 22.8. The lowest BCUT2D eigenvalue weighted by atomic mass is 9.78.